The standard InChI is InChI=1S/C37H40ClN3O4S/c1-27-21-22-32(23-28(27)2)41(46(44,45)33-18-7-4-8-19-33)26-36(42)40(25-30-15-9-12-20-34(30)38)35(24-29-13-5-3-6-14-29)37(43)39-31-16-10-11-17-31/h3-9,12-15,18-23,31,35H,10-11,16-17,24-26H2,1-2H3,(H,39,43). The molecule has 0 spiro atoms. The lowest BCUT2D eigenvalue weighted by Crippen LogP contribution is -2.54. The second-order valence-electron chi connectivity index (χ2n) is 11.9. The SMILES string of the molecule is Cc1ccc(N(CC(=O)N(Cc2ccccc2Cl)C(Cc2ccccc2)C(=O)NC2CCCC2)S(=O)(=O)c2ccccc2)cc1C. The van der Waals surface area contributed by atoms with Crippen LogP contribution in [0.15, 0.2) is 108 Å². The first-order valence-corrected chi connectivity index (χ1v) is 17.5. The molecule has 0 radical (unpaired) electrons. The Bertz CT molecular complexity index is 1760. The van der Waals surface area contributed by atoms with Crippen LogP contribution < -0.4 is 9.62 Å². The minimum absolute atomic E-state index is 0.0280. The average Bonchev–Trinajstić information content (AvgIpc) is 3.57. The first-order valence-electron chi connectivity index (χ1n) is 15.7. The summed E-state index contributed by atoms with van der Waals surface area (Å²) in [6.45, 7) is 3.37. The molecule has 5 rings (SSSR count). The van der Waals surface area contributed by atoms with E-state index in [9.17, 15) is 18.0 Å². The summed E-state index contributed by atoms with van der Waals surface area (Å²) in [4.78, 5) is 30.3. The molecule has 1 aliphatic carbocycles. The van der Waals surface area contributed by atoms with Crippen LogP contribution >= 0.6 is 11.6 Å². The first kappa shape index (κ1) is 33.2. The molecule has 9 heteroatoms. The molecule has 1 saturated carbocycles. The van der Waals surface area contributed by atoms with Crippen molar-refractivity contribution in [2.45, 2.75) is 69.5 Å². The summed E-state index contributed by atoms with van der Waals surface area (Å²) in [7, 11) is -4.16. The van der Waals surface area contributed by atoms with Gasteiger partial charge in [0.2, 0.25) is 11.8 Å². The molecule has 4 aromatic carbocycles. The number of sulfonamides is 1. The Hall–Kier alpha value is -4.14. The van der Waals surface area contributed by atoms with Crippen LogP contribution in [0.2, 0.25) is 5.02 Å². The molecule has 0 aromatic heterocycles. The van der Waals surface area contributed by atoms with Crippen molar-refractivity contribution in [3.05, 3.63) is 130 Å². The Labute approximate surface area is 277 Å². The second-order valence-corrected chi connectivity index (χ2v) is 14.2. The van der Waals surface area contributed by atoms with Gasteiger partial charge < -0.3 is 10.2 Å². The Morgan fingerprint density at radius 1 is 0.848 bits per heavy atom. The zero-order chi connectivity index (χ0) is 32.7. The average molecular weight is 658 g/mol. The van der Waals surface area contributed by atoms with Gasteiger partial charge in [0.1, 0.15) is 12.6 Å². The molecule has 7 nitrogen and oxygen atoms in total. The number of nitrogens with zero attached hydrogens (tertiary/aromatic N) is 2. The maximum atomic E-state index is 14.6. The molecule has 240 valence electrons. The van der Waals surface area contributed by atoms with Crippen molar-refractivity contribution in [1.82, 2.24) is 10.2 Å². The van der Waals surface area contributed by atoms with E-state index in [1.807, 2.05) is 62.4 Å². The lowest BCUT2D eigenvalue weighted by Gasteiger charge is -2.34. The van der Waals surface area contributed by atoms with Crippen LogP contribution in [-0.4, -0.2) is 43.8 Å². The van der Waals surface area contributed by atoms with Crippen molar-refractivity contribution in [3.8, 4) is 0 Å². The van der Waals surface area contributed by atoms with Gasteiger partial charge >= 0.3 is 0 Å². The number of hydrogen-bond donors (Lipinski definition) is 1. The third kappa shape index (κ3) is 7.98. The maximum Gasteiger partial charge on any atom is 0.264 e. The van der Waals surface area contributed by atoms with E-state index in [1.54, 1.807) is 42.5 Å². The first-order chi connectivity index (χ1) is 22.1. The topological polar surface area (TPSA) is 86.8 Å². The molecule has 1 atom stereocenters. The number of nitrogens with one attached hydrogen (secondary N) is 1. The molecule has 46 heavy (non-hydrogen) atoms. The van der Waals surface area contributed by atoms with Gasteiger partial charge in [-0.1, -0.05) is 97.2 Å². The highest BCUT2D eigenvalue weighted by Crippen LogP contribution is 2.28. The van der Waals surface area contributed by atoms with E-state index in [0.717, 1.165) is 46.7 Å². The van der Waals surface area contributed by atoms with Crippen LogP contribution in [0, 0.1) is 13.8 Å². The zero-order valence-corrected chi connectivity index (χ0v) is 27.8. The summed E-state index contributed by atoms with van der Waals surface area (Å²) in [6.07, 6.45) is 4.11. The van der Waals surface area contributed by atoms with Crippen LogP contribution in [0.3, 0.4) is 0 Å². The highest BCUT2D eigenvalue weighted by molar-refractivity contribution is 7.92. The molecule has 1 fully saturated rings. The number of carbonyl (C=O) groups excluding carboxylic acids is 2. The molecule has 1 aliphatic rings. The summed E-state index contributed by atoms with van der Waals surface area (Å²) in [5, 5.41) is 3.65. The van der Waals surface area contributed by atoms with Crippen LogP contribution in [0.4, 0.5) is 5.69 Å². The van der Waals surface area contributed by atoms with Crippen molar-refractivity contribution < 1.29 is 18.0 Å². The fraction of sp³-hybridized carbons (Fsp3) is 0.297. The summed E-state index contributed by atoms with van der Waals surface area (Å²) >= 11 is 6.60. The minimum Gasteiger partial charge on any atom is -0.352 e. The highest BCUT2D eigenvalue weighted by Gasteiger charge is 2.35. The monoisotopic (exact) mass is 657 g/mol. The van der Waals surface area contributed by atoms with Gasteiger partial charge in [0.05, 0.1) is 10.6 Å². The molecule has 0 saturated heterocycles. The number of aryl methyl sites for hydroxylation is 2. The lowest BCUT2D eigenvalue weighted by atomic mass is 10.0. The third-order valence-electron chi connectivity index (χ3n) is 8.66. The molecular formula is C37H40ClN3O4S. The predicted octanol–water partition coefficient (Wildman–Crippen LogP) is 6.85. The number of hydrogen-bond acceptors (Lipinski definition) is 4. The molecule has 0 bridgehead atoms. The summed E-state index contributed by atoms with van der Waals surface area (Å²) in [5.74, 6) is -0.778. The molecule has 4 aromatic rings. The number of benzene rings is 4. The fourth-order valence-corrected chi connectivity index (χ4v) is 7.48. The normalized spacial score (nSPS) is 14.1. The van der Waals surface area contributed by atoms with E-state index in [-0.39, 0.29) is 29.8 Å². The van der Waals surface area contributed by atoms with Gasteiger partial charge in [-0.3, -0.25) is 13.9 Å². The molecular weight excluding hydrogens is 618 g/mol. The van der Waals surface area contributed by atoms with Crippen LogP contribution in [-0.2, 0) is 32.6 Å². The zero-order valence-electron chi connectivity index (χ0n) is 26.2. The maximum absolute atomic E-state index is 14.6. The second kappa shape index (κ2) is 15.0. The molecule has 0 aliphatic heterocycles. The molecule has 0 heterocycles. The van der Waals surface area contributed by atoms with Crippen LogP contribution in [0.25, 0.3) is 0 Å². The van der Waals surface area contributed by atoms with Gasteiger partial charge in [-0.25, -0.2) is 8.42 Å². The summed E-state index contributed by atoms with van der Waals surface area (Å²) in [5.41, 5.74) is 3.80. The van der Waals surface area contributed by atoms with Crippen molar-refractivity contribution in [2.24, 2.45) is 0 Å². The number of halogens is 1. The van der Waals surface area contributed by atoms with E-state index in [2.05, 4.69) is 5.32 Å². The number of rotatable bonds is 12. The van der Waals surface area contributed by atoms with E-state index in [1.165, 1.54) is 17.0 Å². The van der Waals surface area contributed by atoms with Crippen molar-refractivity contribution >= 4 is 39.1 Å². The Morgan fingerprint density at radius 3 is 2.13 bits per heavy atom. The largest absolute Gasteiger partial charge is 0.352 e. The minimum atomic E-state index is -4.16. The fourth-order valence-electron chi connectivity index (χ4n) is 5.86. The predicted molar refractivity (Wildman–Crippen MR) is 183 cm³/mol. The molecule has 1 unspecified atom stereocenters. The van der Waals surface area contributed by atoms with E-state index in [4.69, 9.17) is 11.6 Å². The smallest absolute Gasteiger partial charge is 0.264 e. The summed E-state index contributed by atoms with van der Waals surface area (Å²) in [6, 6.07) is 29.3. The number of anilines is 1. The van der Waals surface area contributed by atoms with Crippen molar-refractivity contribution in [1.29, 1.82) is 0 Å². The van der Waals surface area contributed by atoms with Gasteiger partial charge in [0, 0.05) is 24.0 Å². The number of carbonyl (C=O) groups is 2. The summed E-state index contributed by atoms with van der Waals surface area (Å²) < 4.78 is 29.5. The van der Waals surface area contributed by atoms with E-state index in [0.29, 0.717) is 16.3 Å². The Balaban J connectivity index is 1.58. The van der Waals surface area contributed by atoms with Gasteiger partial charge in [0.15, 0.2) is 0 Å². The van der Waals surface area contributed by atoms with Gasteiger partial charge in [-0.2, -0.15) is 0 Å². The van der Waals surface area contributed by atoms with E-state index < -0.39 is 28.5 Å². The molecule has 1 N–H and O–H groups in total. The number of amides is 2. The quantitative estimate of drug-likeness (QED) is 0.181. The van der Waals surface area contributed by atoms with Gasteiger partial charge in [-0.05, 0) is 79.3 Å². The van der Waals surface area contributed by atoms with Gasteiger partial charge in [-0.15, -0.1) is 0 Å². The molecule has 2 amide bonds. The highest BCUT2D eigenvalue weighted by atomic mass is 35.5. The lowest BCUT2D eigenvalue weighted by molar-refractivity contribution is -0.140. The van der Waals surface area contributed by atoms with Gasteiger partial charge in [0.25, 0.3) is 10.0 Å². The van der Waals surface area contributed by atoms with Crippen molar-refractivity contribution in [3.63, 3.8) is 0 Å². The van der Waals surface area contributed by atoms with Crippen LogP contribution in [0.1, 0.15) is 47.9 Å². The van der Waals surface area contributed by atoms with E-state index >= 15 is 0 Å². The van der Waals surface area contributed by atoms with Crippen molar-refractivity contribution in [2.75, 3.05) is 10.8 Å². The Morgan fingerprint density at radius 2 is 1.48 bits per heavy atom. The van der Waals surface area contributed by atoms with Crippen LogP contribution in [0.5, 0.6) is 0 Å². The third-order valence-corrected chi connectivity index (χ3v) is 10.8. The Kier molecular flexibility index (Phi) is 10.8.